The highest BCUT2D eigenvalue weighted by molar-refractivity contribution is 5.61. The number of aromatic nitrogens is 1. The van der Waals surface area contributed by atoms with Crippen LogP contribution in [0.15, 0.2) is 28.7 Å². The summed E-state index contributed by atoms with van der Waals surface area (Å²) >= 11 is 0. The molecule has 0 amide bonds. The lowest BCUT2D eigenvalue weighted by Crippen LogP contribution is -1.96. The van der Waals surface area contributed by atoms with Crippen LogP contribution in [-0.2, 0) is 13.0 Å². The molecule has 1 aromatic carbocycles. The van der Waals surface area contributed by atoms with E-state index in [-0.39, 0.29) is 0 Å². The van der Waals surface area contributed by atoms with E-state index in [1.54, 1.807) is 0 Å². The van der Waals surface area contributed by atoms with Crippen LogP contribution in [0.1, 0.15) is 24.1 Å². The summed E-state index contributed by atoms with van der Waals surface area (Å²) in [5.74, 6) is 1.65. The molecule has 0 aliphatic rings. The van der Waals surface area contributed by atoms with E-state index < -0.39 is 0 Å². The Labute approximate surface area is 95.3 Å². The Hall–Kier alpha value is -1.61. The van der Waals surface area contributed by atoms with Crippen molar-refractivity contribution in [2.45, 2.75) is 26.8 Å². The highest BCUT2D eigenvalue weighted by atomic mass is 16.4. The fourth-order valence-corrected chi connectivity index (χ4v) is 1.72. The molecule has 16 heavy (non-hydrogen) atoms. The molecule has 0 bridgehead atoms. The summed E-state index contributed by atoms with van der Waals surface area (Å²) in [4.78, 5) is 4.47. The molecule has 0 saturated carbocycles. The monoisotopic (exact) mass is 216 g/mol. The number of hydrogen-bond acceptors (Lipinski definition) is 3. The van der Waals surface area contributed by atoms with Gasteiger partial charge in [0.2, 0.25) is 0 Å². The average Bonchev–Trinajstić information content (AvgIpc) is 2.71. The van der Waals surface area contributed by atoms with Crippen molar-refractivity contribution in [3.8, 4) is 11.3 Å². The van der Waals surface area contributed by atoms with Crippen LogP contribution in [0.25, 0.3) is 11.3 Å². The van der Waals surface area contributed by atoms with Gasteiger partial charge >= 0.3 is 0 Å². The molecule has 1 aromatic heterocycles. The summed E-state index contributed by atoms with van der Waals surface area (Å²) in [6.07, 6.45) is 0.817. The van der Waals surface area contributed by atoms with Crippen LogP contribution in [0.2, 0.25) is 0 Å². The van der Waals surface area contributed by atoms with Crippen LogP contribution in [0.4, 0.5) is 0 Å². The van der Waals surface area contributed by atoms with Gasteiger partial charge in [-0.15, -0.1) is 0 Å². The summed E-state index contributed by atoms with van der Waals surface area (Å²) in [6, 6.07) is 8.10. The highest BCUT2D eigenvalue weighted by Gasteiger charge is 2.10. The van der Waals surface area contributed by atoms with Crippen LogP contribution >= 0.6 is 0 Å². The number of hydrogen-bond donors (Lipinski definition) is 1. The van der Waals surface area contributed by atoms with Gasteiger partial charge in [-0.25, -0.2) is 4.98 Å². The molecule has 0 radical (unpaired) electrons. The third-order valence-corrected chi connectivity index (χ3v) is 2.58. The van der Waals surface area contributed by atoms with Gasteiger partial charge in [-0.3, -0.25) is 0 Å². The topological polar surface area (TPSA) is 52.0 Å². The summed E-state index contributed by atoms with van der Waals surface area (Å²) in [5.41, 5.74) is 8.73. The number of nitrogens with zero attached hydrogens (tertiary/aromatic N) is 1. The van der Waals surface area contributed by atoms with E-state index in [0.717, 1.165) is 34.9 Å². The van der Waals surface area contributed by atoms with Crippen molar-refractivity contribution in [3.05, 3.63) is 41.5 Å². The maximum Gasteiger partial charge on any atom is 0.194 e. The molecule has 0 fully saturated rings. The van der Waals surface area contributed by atoms with Gasteiger partial charge in [0.1, 0.15) is 11.5 Å². The molecule has 3 nitrogen and oxygen atoms in total. The maximum atomic E-state index is 5.62. The molecule has 0 atom stereocenters. The fourth-order valence-electron chi connectivity index (χ4n) is 1.72. The summed E-state index contributed by atoms with van der Waals surface area (Å²) in [6.45, 7) is 4.52. The van der Waals surface area contributed by atoms with E-state index in [1.165, 1.54) is 0 Å². The van der Waals surface area contributed by atoms with Gasteiger partial charge in [0.15, 0.2) is 5.89 Å². The standard InChI is InChI=1S/C13H16N2O/c1-3-12-15-13(9(2)16-12)11-6-4-5-10(7-11)8-14/h4-7H,3,8,14H2,1-2H3. The first-order chi connectivity index (χ1) is 7.74. The van der Waals surface area contributed by atoms with Gasteiger partial charge in [0, 0.05) is 18.5 Å². The quantitative estimate of drug-likeness (QED) is 0.858. The van der Waals surface area contributed by atoms with Crippen LogP contribution < -0.4 is 5.73 Å². The number of nitrogens with two attached hydrogens (primary N) is 1. The van der Waals surface area contributed by atoms with Crippen LogP contribution in [0, 0.1) is 6.92 Å². The second-order valence-electron chi connectivity index (χ2n) is 3.77. The van der Waals surface area contributed by atoms with Crippen molar-refractivity contribution in [2.75, 3.05) is 0 Å². The first-order valence-electron chi connectivity index (χ1n) is 5.50. The van der Waals surface area contributed by atoms with E-state index in [4.69, 9.17) is 10.2 Å². The van der Waals surface area contributed by atoms with Crippen molar-refractivity contribution >= 4 is 0 Å². The highest BCUT2D eigenvalue weighted by Crippen LogP contribution is 2.24. The molecule has 2 aromatic rings. The molecule has 0 saturated heterocycles. The third kappa shape index (κ3) is 1.99. The third-order valence-electron chi connectivity index (χ3n) is 2.58. The lowest BCUT2D eigenvalue weighted by Gasteiger charge is -2.00. The van der Waals surface area contributed by atoms with Gasteiger partial charge in [-0.1, -0.05) is 25.1 Å². The minimum Gasteiger partial charge on any atom is -0.445 e. The van der Waals surface area contributed by atoms with Crippen LogP contribution in [0.3, 0.4) is 0 Å². The Kier molecular flexibility index (Phi) is 3.06. The normalized spacial score (nSPS) is 10.7. The number of aryl methyl sites for hydroxylation is 2. The zero-order valence-corrected chi connectivity index (χ0v) is 9.66. The molecule has 0 aliphatic heterocycles. The number of oxazole rings is 1. The van der Waals surface area contributed by atoms with Gasteiger partial charge < -0.3 is 10.2 Å². The first kappa shape index (κ1) is 10.9. The van der Waals surface area contributed by atoms with Crippen molar-refractivity contribution in [3.63, 3.8) is 0 Å². The zero-order chi connectivity index (χ0) is 11.5. The molecule has 84 valence electrons. The molecule has 2 N–H and O–H groups in total. The van der Waals surface area contributed by atoms with Gasteiger partial charge in [0.25, 0.3) is 0 Å². The van der Waals surface area contributed by atoms with E-state index >= 15 is 0 Å². The van der Waals surface area contributed by atoms with Gasteiger partial charge in [-0.2, -0.15) is 0 Å². The molecule has 0 aliphatic carbocycles. The number of benzene rings is 1. The summed E-state index contributed by atoms with van der Waals surface area (Å²) in [5, 5.41) is 0. The largest absolute Gasteiger partial charge is 0.445 e. The van der Waals surface area contributed by atoms with E-state index in [1.807, 2.05) is 32.0 Å². The van der Waals surface area contributed by atoms with E-state index in [0.29, 0.717) is 6.54 Å². The molecule has 2 rings (SSSR count). The average molecular weight is 216 g/mol. The molecular formula is C13H16N2O. The Morgan fingerprint density at radius 1 is 1.38 bits per heavy atom. The Morgan fingerprint density at radius 2 is 2.19 bits per heavy atom. The summed E-state index contributed by atoms with van der Waals surface area (Å²) < 4.78 is 5.55. The van der Waals surface area contributed by atoms with Crippen molar-refractivity contribution in [2.24, 2.45) is 5.73 Å². The predicted molar refractivity (Wildman–Crippen MR) is 63.9 cm³/mol. The van der Waals surface area contributed by atoms with Crippen molar-refractivity contribution in [1.82, 2.24) is 4.98 Å². The SMILES string of the molecule is CCc1nc(-c2cccc(CN)c2)c(C)o1. The lowest BCUT2D eigenvalue weighted by molar-refractivity contribution is 0.477. The summed E-state index contributed by atoms with van der Waals surface area (Å²) in [7, 11) is 0. The predicted octanol–water partition coefficient (Wildman–Crippen LogP) is 2.67. The Balaban J connectivity index is 2.45. The van der Waals surface area contributed by atoms with Gasteiger partial charge in [0.05, 0.1) is 0 Å². The molecular weight excluding hydrogens is 200 g/mol. The zero-order valence-electron chi connectivity index (χ0n) is 9.66. The smallest absolute Gasteiger partial charge is 0.194 e. The lowest BCUT2D eigenvalue weighted by atomic mass is 10.1. The molecule has 1 heterocycles. The van der Waals surface area contributed by atoms with Crippen molar-refractivity contribution in [1.29, 1.82) is 0 Å². The second kappa shape index (κ2) is 4.49. The van der Waals surface area contributed by atoms with Crippen LogP contribution in [0.5, 0.6) is 0 Å². The Bertz CT molecular complexity index is 488. The van der Waals surface area contributed by atoms with E-state index in [2.05, 4.69) is 11.1 Å². The molecule has 0 spiro atoms. The first-order valence-corrected chi connectivity index (χ1v) is 5.50. The van der Waals surface area contributed by atoms with Crippen molar-refractivity contribution < 1.29 is 4.42 Å². The minimum absolute atomic E-state index is 0.547. The molecule has 0 unspecified atom stereocenters. The second-order valence-corrected chi connectivity index (χ2v) is 3.77. The fraction of sp³-hybridized carbons (Fsp3) is 0.308. The van der Waals surface area contributed by atoms with E-state index in [9.17, 15) is 0 Å². The number of rotatable bonds is 3. The van der Waals surface area contributed by atoms with Crippen LogP contribution in [-0.4, -0.2) is 4.98 Å². The Morgan fingerprint density at radius 3 is 2.81 bits per heavy atom. The molecule has 3 heteroatoms. The van der Waals surface area contributed by atoms with Gasteiger partial charge in [-0.05, 0) is 18.6 Å². The maximum absolute atomic E-state index is 5.62. The minimum atomic E-state index is 0.547.